The molecule has 0 spiro atoms. The molecule has 1 aliphatic carbocycles. The first-order chi connectivity index (χ1) is 12.2. The van der Waals surface area contributed by atoms with Gasteiger partial charge in [-0.3, -0.25) is 4.79 Å². The standard InChI is InChI=1S/C21H18N2OS/c1-12-9-10-16-17(11-12)25-21-18(16)20(24)22-19(23-21)15-8-4-6-13-5-2-3-7-14(13)15/h2-8,12H,9-11H2,1H3,(H,22,23,24). The van der Waals surface area contributed by atoms with Gasteiger partial charge in [-0.1, -0.05) is 49.4 Å². The minimum absolute atomic E-state index is 0.0000118. The van der Waals surface area contributed by atoms with E-state index in [1.807, 2.05) is 24.3 Å². The Morgan fingerprint density at radius 3 is 2.92 bits per heavy atom. The van der Waals surface area contributed by atoms with Gasteiger partial charge in [-0.05, 0) is 41.5 Å². The van der Waals surface area contributed by atoms with E-state index in [1.54, 1.807) is 11.3 Å². The molecule has 3 nitrogen and oxygen atoms in total. The zero-order valence-corrected chi connectivity index (χ0v) is 14.8. The van der Waals surface area contributed by atoms with E-state index in [-0.39, 0.29) is 5.56 Å². The predicted molar refractivity (Wildman–Crippen MR) is 104 cm³/mol. The Balaban J connectivity index is 1.77. The first kappa shape index (κ1) is 14.8. The number of nitrogens with zero attached hydrogens (tertiary/aromatic N) is 1. The number of benzene rings is 2. The smallest absolute Gasteiger partial charge is 0.260 e. The Labute approximate surface area is 149 Å². The second kappa shape index (κ2) is 5.53. The molecule has 0 saturated carbocycles. The molecule has 4 aromatic rings. The second-order valence-electron chi connectivity index (χ2n) is 6.97. The Bertz CT molecular complexity index is 1170. The molecule has 1 unspecified atom stereocenters. The monoisotopic (exact) mass is 346 g/mol. The summed E-state index contributed by atoms with van der Waals surface area (Å²) >= 11 is 1.70. The molecule has 0 fully saturated rings. The zero-order valence-electron chi connectivity index (χ0n) is 14.0. The molecule has 1 aliphatic rings. The Morgan fingerprint density at radius 2 is 2.00 bits per heavy atom. The van der Waals surface area contributed by atoms with Gasteiger partial charge in [0.2, 0.25) is 0 Å². The molecular weight excluding hydrogens is 328 g/mol. The van der Waals surface area contributed by atoms with Crippen molar-refractivity contribution < 1.29 is 0 Å². The van der Waals surface area contributed by atoms with E-state index in [4.69, 9.17) is 4.98 Å². The summed E-state index contributed by atoms with van der Waals surface area (Å²) in [6.45, 7) is 2.28. The van der Waals surface area contributed by atoms with Crippen molar-refractivity contribution >= 4 is 32.3 Å². The van der Waals surface area contributed by atoms with Crippen LogP contribution in [0.4, 0.5) is 0 Å². The van der Waals surface area contributed by atoms with Crippen LogP contribution < -0.4 is 5.56 Å². The molecule has 2 aromatic carbocycles. The van der Waals surface area contributed by atoms with Gasteiger partial charge in [-0.15, -0.1) is 11.3 Å². The average Bonchev–Trinajstić information content (AvgIpc) is 2.99. The van der Waals surface area contributed by atoms with Crippen LogP contribution in [0.25, 0.3) is 32.4 Å². The fourth-order valence-electron chi connectivity index (χ4n) is 3.91. The van der Waals surface area contributed by atoms with Gasteiger partial charge in [-0.2, -0.15) is 0 Å². The van der Waals surface area contributed by atoms with Gasteiger partial charge in [-0.25, -0.2) is 4.98 Å². The summed E-state index contributed by atoms with van der Waals surface area (Å²) in [5.41, 5.74) is 2.22. The lowest BCUT2D eigenvalue weighted by Crippen LogP contribution is -2.13. The topological polar surface area (TPSA) is 45.8 Å². The summed E-state index contributed by atoms with van der Waals surface area (Å²) in [7, 11) is 0. The van der Waals surface area contributed by atoms with Crippen LogP contribution in [0.5, 0.6) is 0 Å². The Hall–Kier alpha value is -2.46. The zero-order chi connectivity index (χ0) is 17.0. The molecular formula is C21H18N2OS. The largest absolute Gasteiger partial charge is 0.306 e. The van der Waals surface area contributed by atoms with Crippen molar-refractivity contribution in [3.8, 4) is 11.4 Å². The van der Waals surface area contributed by atoms with Crippen LogP contribution in [0.1, 0.15) is 23.8 Å². The summed E-state index contributed by atoms with van der Waals surface area (Å²) in [5, 5.41) is 3.08. The number of H-pyrrole nitrogens is 1. The molecule has 0 aliphatic heterocycles. The van der Waals surface area contributed by atoms with E-state index in [2.05, 4.69) is 30.1 Å². The first-order valence-corrected chi connectivity index (χ1v) is 9.55. The van der Waals surface area contributed by atoms with Gasteiger partial charge in [0.1, 0.15) is 10.7 Å². The van der Waals surface area contributed by atoms with Crippen molar-refractivity contribution in [2.75, 3.05) is 0 Å². The van der Waals surface area contributed by atoms with Gasteiger partial charge >= 0.3 is 0 Å². The highest BCUT2D eigenvalue weighted by Gasteiger charge is 2.23. The van der Waals surface area contributed by atoms with Crippen molar-refractivity contribution in [3.63, 3.8) is 0 Å². The molecule has 25 heavy (non-hydrogen) atoms. The summed E-state index contributed by atoms with van der Waals surface area (Å²) < 4.78 is 0. The number of aromatic nitrogens is 2. The van der Waals surface area contributed by atoms with Crippen LogP contribution in [0.2, 0.25) is 0 Å². The van der Waals surface area contributed by atoms with Crippen LogP contribution in [0, 0.1) is 5.92 Å². The summed E-state index contributed by atoms with van der Waals surface area (Å²) in [5.74, 6) is 1.36. The molecule has 124 valence electrons. The molecule has 4 heteroatoms. The molecule has 0 bridgehead atoms. The number of aromatic amines is 1. The lowest BCUT2D eigenvalue weighted by Gasteiger charge is -2.17. The lowest BCUT2D eigenvalue weighted by molar-refractivity contribution is 0.509. The highest BCUT2D eigenvalue weighted by molar-refractivity contribution is 7.18. The third-order valence-corrected chi connectivity index (χ3v) is 6.36. The fourth-order valence-corrected chi connectivity index (χ4v) is 5.29. The molecule has 2 aromatic heterocycles. The molecule has 1 atom stereocenters. The van der Waals surface area contributed by atoms with Crippen LogP contribution in [-0.2, 0) is 12.8 Å². The summed E-state index contributed by atoms with van der Waals surface area (Å²) in [6.07, 6.45) is 3.22. The number of fused-ring (bicyclic) bond motifs is 4. The van der Waals surface area contributed by atoms with E-state index in [0.29, 0.717) is 11.7 Å². The molecule has 1 N–H and O–H groups in total. The molecule has 0 amide bonds. The number of rotatable bonds is 1. The average molecular weight is 346 g/mol. The minimum Gasteiger partial charge on any atom is -0.306 e. The minimum atomic E-state index is -0.0000118. The predicted octanol–water partition coefficient (Wildman–Crippen LogP) is 4.93. The van der Waals surface area contributed by atoms with E-state index in [1.165, 1.54) is 10.4 Å². The normalized spacial score (nSPS) is 17.1. The van der Waals surface area contributed by atoms with E-state index < -0.39 is 0 Å². The number of aryl methyl sites for hydroxylation is 1. The Morgan fingerprint density at radius 1 is 1.16 bits per heavy atom. The quantitative estimate of drug-likeness (QED) is 0.531. The highest BCUT2D eigenvalue weighted by atomic mass is 32.1. The summed E-state index contributed by atoms with van der Waals surface area (Å²) in [4.78, 5) is 23.0. The molecule has 2 heterocycles. The van der Waals surface area contributed by atoms with E-state index in [9.17, 15) is 4.79 Å². The SMILES string of the molecule is CC1CCc2c(sc3nc(-c4cccc5ccccc45)[nH]c(=O)c23)C1. The van der Waals surface area contributed by atoms with Gasteiger partial charge in [0.15, 0.2) is 0 Å². The maximum absolute atomic E-state index is 12.8. The first-order valence-electron chi connectivity index (χ1n) is 8.73. The van der Waals surface area contributed by atoms with Crippen molar-refractivity contribution in [1.82, 2.24) is 9.97 Å². The van der Waals surface area contributed by atoms with Gasteiger partial charge < -0.3 is 4.98 Å². The van der Waals surface area contributed by atoms with Crippen molar-refractivity contribution in [2.45, 2.75) is 26.2 Å². The van der Waals surface area contributed by atoms with Crippen LogP contribution in [0.3, 0.4) is 0 Å². The van der Waals surface area contributed by atoms with Gasteiger partial charge in [0.25, 0.3) is 5.56 Å². The van der Waals surface area contributed by atoms with Crippen LogP contribution in [0.15, 0.2) is 47.3 Å². The fraction of sp³-hybridized carbons (Fsp3) is 0.238. The number of hydrogen-bond donors (Lipinski definition) is 1. The van der Waals surface area contributed by atoms with Gasteiger partial charge in [0, 0.05) is 10.4 Å². The van der Waals surface area contributed by atoms with Crippen molar-refractivity contribution in [1.29, 1.82) is 0 Å². The molecule has 5 rings (SSSR count). The van der Waals surface area contributed by atoms with Crippen LogP contribution >= 0.6 is 11.3 Å². The summed E-state index contributed by atoms with van der Waals surface area (Å²) in [6, 6.07) is 14.3. The number of hydrogen-bond acceptors (Lipinski definition) is 3. The lowest BCUT2D eigenvalue weighted by atomic mass is 9.89. The van der Waals surface area contributed by atoms with Crippen LogP contribution in [-0.4, -0.2) is 9.97 Å². The van der Waals surface area contributed by atoms with Crippen molar-refractivity contribution in [3.05, 3.63) is 63.3 Å². The second-order valence-corrected chi connectivity index (χ2v) is 8.06. The highest BCUT2D eigenvalue weighted by Crippen LogP contribution is 2.36. The molecule has 0 radical (unpaired) electrons. The molecule has 0 saturated heterocycles. The van der Waals surface area contributed by atoms with Crippen molar-refractivity contribution in [2.24, 2.45) is 5.92 Å². The maximum Gasteiger partial charge on any atom is 0.260 e. The van der Waals surface area contributed by atoms with E-state index >= 15 is 0 Å². The van der Waals surface area contributed by atoms with E-state index in [0.717, 1.165) is 45.8 Å². The maximum atomic E-state index is 12.8. The Kier molecular flexibility index (Phi) is 3.28. The number of thiophene rings is 1. The number of nitrogens with one attached hydrogen (secondary N) is 1. The third-order valence-electron chi connectivity index (χ3n) is 5.21. The van der Waals surface area contributed by atoms with Gasteiger partial charge in [0.05, 0.1) is 5.39 Å². The third kappa shape index (κ3) is 2.32.